The Balaban J connectivity index is 1.62. The van der Waals surface area contributed by atoms with Crippen molar-refractivity contribution >= 4 is 11.9 Å². The van der Waals surface area contributed by atoms with Gasteiger partial charge in [0.25, 0.3) is 0 Å². The normalized spacial score (nSPS) is 30.9. The van der Waals surface area contributed by atoms with Crippen molar-refractivity contribution in [2.75, 3.05) is 13.1 Å². The fourth-order valence-electron chi connectivity index (χ4n) is 5.83. The number of aliphatic hydroxyl groups is 2. The van der Waals surface area contributed by atoms with E-state index in [9.17, 15) is 30.0 Å². The lowest BCUT2D eigenvalue weighted by Gasteiger charge is -2.37. The van der Waals surface area contributed by atoms with Gasteiger partial charge in [-0.2, -0.15) is 0 Å². The molecule has 0 bridgehead atoms. The number of carboxylic acids is 2. The first-order valence-corrected chi connectivity index (χ1v) is 14.0. The summed E-state index contributed by atoms with van der Waals surface area (Å²) in [5, 5.41) is 39.4. The highest BCUT2D eigenvalue weighted by atomic mass is 16.7. The minimum absolute atomic E-state index is 0.0256. The maximum Gasteiger partial charge on any atom is 0.333 e. The van der Waals surface area contributed by atoms with Crippen LogP contribution < -0.4 is 9.47 Å². The minimum atomic E-state index is -1.20. The van der Waals surface area contributed by atoms with E-state index in [0.717, 1.165) is 49.9 Å². The number of nitrogens with zero attached hydrogens (tertiary/aromatic N) is 1. The van der Waals surface area contributed by atoms with Crippen LogP contribution in [0.15, 0.2) is 12.1 Å². The smallest absolute Gasteiger partial charge is 0.333 e. The molecule has 0 spiro atoms. The molecule has 2 heterocycles. The Bertz CT molecular complexity index is 997. The van der Waals surface area contributed by atoms with Gasteiger partial charge < -0.3 is 44.3 Å². The SMILES string of the molecule is CCCN(CCC)C1CCc2c(ccc(OC3CC(O)CC(C(=O)O)O3)c2OC2CC(O)CC(C(=O)O)O2)C1. The zero-order valence-electron chi connectivity index (χ0n) is 22.7. The molecule has 7 atom stereocenters. The molecule has 2 fully saturated rings. The van der Waals surface area contributed by atoms with Crippen molar-refractivity contribution in [1.82, 2.24) is 4.90 Å². The quantitative estimate of drug-likeness (QED) is 0.320. The molecule has 11 heteroatoms. The fraction of sp³-hybridized carbons (Fsp3) is 0.714. The molecule has 39 heavy (non-hydrogen) atoms. The molecule has 7 unspecified atom stereocenters. The van der Waals surface area contributed by atoms with Crippen molar-refractivity contribution in [3.05, 3.63) is 23.3 Å². The second-order valence-corrected chi connectivity index (χ2v) is 10.7. The zero-order valence-corrected chi connectivity index (χ0v) is 22.7. The molecule has 1 aliphatic carbocycles. The lowest BCUT2D eigenvalue weighted by atomic mass is 9.86. The molecule has 0 amide bonds. The third-order valence-corrected chi connectivity index (χ3v) is 7.63. The van der Waals surface area contributed by atoms with E-state index in [2.05, 4.69) is 18.7 Å². The molecule has 11 nitrogen and oxygen atoms in total. The monoisotopic (exact) mass is 551 g/mol. The summed E-state index contributed by atoms with van der Waals surface area (Å²) < 4.78 is 23.6. The van der Waals surface area contributed by atoms with E-state index in [0.29, 0.717) is 24.0 Å². The van der Waals surface area contributed by atoms with Crippen LogP contribution in [0, 0.1) is 0 Å². The molecule has 1 aromatic rings. The lowest BCUT2D eigenvalue weighted by molar-refractivity contribution is -0.200. The molecular formula is C28H41NO10. The van der Waals surface area contributed by atoms with Gasteiger partial charge in [0.05, 0.1) is 12.2 Å². The number of hydrogen-bond donors (Lipinski definition) is 4. The second-order valence-electron chi connectivity index (χ2n) is 10.7. The standard InChI is InChI=1S/C28H41NO10/c1-3-9-29(10-4-2)17-6-7-20-16(11-17)5-8-21(36-24-14-18(30)12-22(37-24)27(32)33)26(20)39-25-15-19(31)13-23(38-25)28(34)35/h5,8,17-19,22-25,30-31H,3-4,6-7,9-15H2,1-2H3,(H,32,33)(H,34,35). The molecule has 0 radical (unpaired) electrons. The number of fused-ring (bicyclic) bond motifs is 1. The van der Waals surface area contributed by atoms with Crippen LogP contribution in [0.1, 0.15) is 69.9 Å². The van der Waals surface area contributed by atoms with Crippen LogP contribution in [0.3, 0.4) is 0 Å². The molecular weight excluding hydrogens is 510 g/mol. The van der Waals surface area contributed by atoms with E-state index in [1.54, 1.807) is 6.07 Å². The van der Waals surface area contributed by atoms with Crippen LogP contribution in [0.25, 0.3) is 0 Å². The second kappa shape index (κ2) is 13.3. The third-order valence-electron chi connectivity index (χ3n) is 7.63. The van der Waals surface area contributed by atoms with Gasteiger partial charge in [-0.1, -0.05) is 19.9 Å². The highest BCUT2D eigenvalue weighted by Gasteiger charge is 2.38. The van der Waals surface area contributed by atoms with Crippen LogP contribution in [-0.4, -0.2) is 93.4 Å². The van der Waals surface area contributed by atoms with Crippen LogP contribution in [-0.2, 0) is 31.9 Å². The number of ether oxygens (including phenoxy) is 4. The van der Waals surface area contributed by atoms with Gasteiger partial charge in [0.2, 0.25) is 12.6 Å². The van der Waals surface area contributed by atoms with Crippen molar-refractivity contribution in [2.24, 2.45) is 0 Å². The molecule has 0 saturated carbocycles. The third kappa shape index (κ3) is 7.40. The summed E-state index contributed by atoms with van der Waals surface area (Å²) in [6.45, 7) is 6.40. The number of benzene rings is 1. The van der Waals surface area contributed by atoms with Gasteiger partial charge >= 0.3 is 11.9 Å². The van der Waals surface area contributed by atoms with Gasteiger partial charge in [0.15, 0.2) is 23.7 Å². The average Bonchev–Trinajstić information content (AvgIpc) is 2.89. The van der Waals surface area contributed by atoms with Gasteiger partial charge in [0, 0.05) is 37.3 Å². The number of aliphatic carboxylic acids is 2. The number of aliphatic hydroxyl groups excluding tert-OH is 2. The molecule has 3 aliphatic rings. The van der Waals surface area contributed by atoms with Crippen LogP contribution in [0.4, 0.5) is 0 Å². The van der Waals surface area contributed by atoms with Crippen molar-refractivity contribution in [3.8, 4) is 11.5 Å². The molecule has 1 aromatic carbocycles. The Morgan fingerprint density at radius 1 is 0.897 bits per heavy atom. The predicted octanol–water partition coefficient (Wildman–Crippen LogP) is 2.32. The van der Waals surface area contributed by atoms with Gasteiger partial charge in [-0.05, 0) is 56.8 Å². The highest BCUT2D eigenvalue weighted by molar-refractivity contribution is 5.72. The zero-order chi connectivity index (χ0) is 28.1. The van der Waals surface area contributed by atoms with Crippen molar-refractivity contribution in [2.45, 2.75) is 115 Å². The first-order valence-electron chi connectivity index (χ1n) is 14.0. The molecule has 2 saturated heterocycles. The Labute approximate surface area is 228 Å². The Kier molecular flexibility index (Phi) is 10.1. The van der Waals surface area contributed by atoms with Gasteiger partial charge in [-0.25, -0.2) is 9.59 Å². The first-order chi connectivity index (χ1) is 18.7. The number of carbonyl (C=O) groups is 2. The number of carboxylic acid groups (broad SMARTS) is 2. The van der Waals surface area contributed by atoms with Crippen molar-refractivity contribution < 1.29 is 49.0 Å². The number of rotatable bonds is 11. The maximum atomic E-state index is 11.6. The van der Waals surface area contributed by atoms with Gasteiger partial charge in [-0.15, -0.1) is 0 Å². The summed E-state index contributed by atoms with van der Waals surface area (Å²) in [7, 11) is 0. The van der Waals surface area contributed by atoms with Gasteiger partial charge in [0.1, 0.15) is 0 Å². The van der Waals surface area contributed by atoms with E-state index >= 15 is 0 Å². The fourth-order valence-corrected chi connectivity index (χ4v) is 5.83. The lowest BCUT2D eigenvalue weighted by Crippen LogP contribution is -2.43. The molecule has 4 rings (SSSR count). The molecule has 2 aliphatic heterocycles. The van der Waals surface area contributed by atoms with Gasteiger partial charge in [-0.3, -0.25) is 0 Å². The highest BCUT2D eigenvalue weighted by Crippen LogP contribution is 2.41. The largest absolute Gasteiger partial charge is 0.479 e. The average molecular weight is 552 g/mol. The topological polar surface area (TPSA) is 155 Å². The molecule has 0 aromatic heterocycles. The molecule has 4 N–H and O–H groups in total. The van der Waals surface area contributed by atoms with Crippen molar-refractivity contribution in [1.29, 1.82) is 0 Å². The Morgan fingerprint density at radius 2 is 1.46 bits per heavy atom. The minimum Gasteiger partial charge on any atom is -0.479 e. The van der Waals surface area contributed by atoms with Crippen LogP contribution in [0.5, 0.6) is 11.5 Å². The van der Waals surface area contributed by atoms with Crippen LogP contribution in [0.2, 0.25) is 0 Å². The van der Waals surface area contributed by atoms with Crippen LogP contribution >= 0.6 is 0 Å². The first kappa shape index (κ1) is 29.5. The summed E-state index contributed by atoms with van der Waals surface area (Å²) in [5.41, 5.74) is 2.00. The summed E-state index contributed by atoms with van der Waals surface area (Å²) >= 11 is 0. The Hall–Kier alpha value is -2.44. The van der Waals surface area contributed by atoms with E-state index in [1.165, 1.54) is 0 Å². The summed E-state index contributed by atoms with van der Waals surface area (Å²) in [6.07, 6.45) is -1.53. The van der Waals surface area contributed by atoms with Crippen molar-refractivity contribution in [3.63, 3.8) is 0 Å². The number of hydrogen-bond acceptors (Lipinski definition) is 9. The van der Waals surface area contributed by atoms with E-state index < -0.39 is 48.9 Å². The summed E-state index contributed by atoms with van der Waals surface area (Å²) in [6, 6.07) is 4.10. The van der Waals surface area contributed by atoms with E-state index in [1.807, 2.05) is 6.07 Å². The van der Waals surface area contributed by atoms with E-state index in [-0.39, 0.29) is 25.7 Å². The maximum absolute atomic E-state index is 11.6. The summed E-state index contributed by atoms with van der Waals surface area (Å²) in [5.74, 6) is -1.68. The summed E-state index contributed by atoms with van der Waals surface area (Å²) in [4.78, 5) is 25.6. The van der Waals surface area contributed by atoms with E-state index in [4.69, 9.17) is 18.9 Å². The molecule has 218 valence electrons. The Morgan fingerprint density at radius 3 is 2.00 bits per heavy atom. The predicted molar refractivity (Wildman–Crippen MR) is 139 cm³/mol.